The second-order valence-corrected chi connectivity index (χ2v) is 27.7. The molecule has 6 heteroatoms. The smallest absolute Gasteiger partial charge is 0.121 e. The van der Waals surface area contributed by atoms with Gasteiger partial charge in [0.05, 0.1) is 5.58 Å². The molecule has 0 fully saturated rings. The van der Waals surface area contributed by atoms with Gasteiger partial charge in [-0.3, -0.25) is 4.98 Å². The molecule has 54 heavy (non-hydrogen) atoms. The van der Waals surface area contributed by atoms with Crippen LogP contribution in [0, 0.1) is 44.2 Å². The average Bonchev–Trinajstić information content (AvgIpc) is 3.45. The molecule has 0 saturated carbocycles. The Hall–Kier alpha value is -3.90. The first-order valence-corrected chi connectivity index (χ1v) is 26.2. The van der Waals surface area contributed by atoms with Crippen molar-refractivity contribution in [2.75, 3.05) is 0 Å². The Kier molecular flexibility index (Phi) is 12.9. The maximum absolute atomic E-state index is 6.45. The summed E-state index contributed by atoms with van der Waals surface area (Å²) in [7, 11) is 0. The first-order valence-electron chi connectivity index (χ1n) is 18.8. The van der Waals surface area contributed by atoms with Crippen molar-refractivity contribution in [2.24, 2.45) is 11.3 Å². The molecule has 4 nitrogen and oxygen atoms in total. The molecule has 3 aromatic carbocycles. The number of aryl methyl sites for hydroxylation is 3. The Balaban J connectivity index is 0.000000230. The van der Waals surface area contributed by atoms with Crippen LogP contribution in [0.25, 0.3) is 55.6 Å². The molecule has 1 radical (unpaired) electrons. The molecule has 0 saturated heterocycles. The topological polar surface area (TPSA) is 51.8 Å². The molecule has 0 aliphatic rings. The van der Waals surface area contributed by atoms with Crippen LogP contribution in [-0.2, 0) is 32.9 Å². The van der Waals surface area contributed by atoms with Crippen LogP contribution in [0.15, 0.2) is 95.7 Å². The van der Waals surface area contributed by atoms with Gasteiger partial charge in [0.1, 0.15) is 5.58 Å². The minimum Gasteiger partial charge on any atom is -0.501 e. The second-order valence-electron chi connectivity index (χ2n) is 17.1. The number of fused-ring (bicyclic) bond motifs is 3. The van der Waals surface area contributed by atoms with E-state index >= 15 is 0 Å². The van der Waals surface area contributed by atoms with Gasteiger partial charge in [-0.25, -0.2) is 0 Å². The number of hydrogen-bond donors (Lipinski definition) is 0. The first kappa shape index (κ1) is 41.3. The molecule has 0 bridgehead atoms. The quantitative estimate of drug-likeness (QED) is 0.118. The van der Waals surface area contributed by atoms with Crippen LogP contribution in [0.5, 0.6) is 0 Å². The molecular weight excluding hydrogens is 899 g/mol. The van der Waals surface area contributed by atoms with Crippen molar-refractivity contribution in [2.45, 2.75) is 85.5 Å². The Morgan fingerprint density at radius 2 is 1.59 bits per heavy atom. The molecule has 0 unspecified atom stereocenters. The van der Waals surface area contributed by atoms with Gasteiger partial charge in [0.15, 0.2) is 0 Å². The van der Waals surface area contributed by atoms with Crippen LogP contribution in [0.1, 0.15) is 62.7 Å². The molecule has 0 spiro atoms. The molecule has 0 amide bonds. The molecule has 4 aromatic heterocycles. The van der Waals surface area contributed by atoms with Gasteiger partial charge in [-0.05, 0) is 67.6 Å². The molecule has 0 aliphatic heterocycles. The number of rotatable bonds is 7. The minimum absolute atomic E-state index is 0. The zero-order chi connectivity index (χ0) is 38.1. The van der Waals surface area contributed by atoms with Gasteiger partial charge < -0.3 is 9.40 Å². The molecule has 7 aromatic rings. The largest absolute Gasteiger partial charge is 0.501 e. The summed E-state index contributed by atoms with van der Waals surface area (Å²) < 4.78 is 7.99. The van der Waals surface area contributed by atoms with E-state index in [1.165, 1.54) is 22.3 Å². The third-order valence-corrected chi connectivity index (χ3v) is 13.8. The zero-order valence-electron chi connectivity index (χ0n) is 33.7. The van der Waals surface area contributed by atoms with Gasteiger partial charge >= 0.3 is 126 Å². The number of benzene rings is 3. The molecule has 0 aliphatic carbocycles. The summed E-state index contributed by atoms with van der Waals surface area (Å²) in [4.78, 5) is 14.0. The monoisotopic (exact) mass is 954 g/mol. The van der Waals surface area contributed by atoms with Crippen molar-refractivity contribution in [3.63, 3.8) is 0 Å². The van der Waals surface area contributed by atoms with E-state index in [2.05, 4.69) is 149 Å². The van der Waals surface area contributed by atoms with Crippen molar-refractivity contribution < 1.29 is 24.5 Å². The van der Waals surface area contributed by atoms with Gasteiger partial charge in [0, 0.05) is 48.6 Å². The average molecular weight is 953 g/mol. The Morgan fingerprint density at radius 1 is 0.815 bits per heavy atom. The van der Waals surface area contributed by atoms with E-state index in [1.807, 2.05) is 37.4 Å². The zero-order valence-corrected chi connectivity index (χ0v) is 38.2. The Morgan fingerprint density at radius 3 is 2.26 bits per heavy atom. The van der Waals surface area contributed by atoms with Crippen LogP contribution < -0.4 is 4.40 Å². The van der Waals surface area contributed by atoms with Crippen molar-refractivity contribution in [1.82, 2.24) is 15.0 Å². The predicted molar refractivity (Wildman–Crippen MR) is 226 cm³/mol. The van der Waals surface area contributed by atoms with E-state index in [0.29, 0.717) is 5.92 Å². The molecule has 0 atom stereocenters. The summed E-state index contributed by atoms with van der Waals surface area (Å²) in [6.07, 6.45) is 6.15. The van der Waals surface area contributed by atoms with Gasteiger partial charge in [-0.1, -0.05) is 55.5 Å². The van der Waals surface area contributed by atoms with Gasteiger partial charge in [-0.2, -0.15) is 0 Å². The maximum Gasteiger partial charge on any atom is 0.121 e. The Labute approximate surface area is 339 Å². The van der Waals surface area contributed by atoms with Gasteiger partial charge in [0.2, 0.25) is 0 Å². The fourth-order valence-corrected chi connectivity index (χ4v) is 10.7. The van der Waals surface area contributed by atoms with Gasteiger partial charge in [-0.15, -0.1) is 18.2 Å². The number of aromatic nitrogens is 3. The summed E-state index contributed by atoms with van der Waals surface area (Å²) in [5.74, 6) is 7.99. The first-order chi connectivity index (χ1) is 25.1. The van der Waals surface area contributed by atoms with E-state index in [-0.39, 0.29) is 25.5 Å². The normalized spacial score (nSPS) is 11.8. The summed E-state index contributed by atoms with van der Waals surface area (Å²) in [5.41, 5.74) is 14.2. The van der Waals surface area contributed by atoms with Gasteiger partial charge in [0.25, 0.3) is 0 Å². The SMILES string of the molecule is CC(C)Cc1cc(-c2[c-]cccc2)nc[c]1[Ge]([CH3])([CH3])[CH3].Cc1cc(C)c(-c2ccc3c(c2)oc2c(-c4cc(CC(C)(C)C)ccn4)[c-]ccc23)c(C)n1.[Ir]. The van der Waals surface area contributed by atoms with E-state index in [9.17, 15) is 0 Å². The number of hydrogen-bond acceptors (Lipinski definition) is 4. The van der Waals surface area contributed by atoms with E-state index < -0.39 is 13.3 Å². The standard InChI is InChI=1S/C30H29N2O.C18H24GeN.Ir/c1-18-14-19(2)32-20(3)28(18)22-10-11-23-24-8-7-9-25(29(24)33-27(23)16-22)26-15-21(12-13-31-26)17-30(4,5)6;1-14(2)11-16-12-18(15-9-7-6-8-10-15)20-13-17(16)19(3,4)5;/h7-8,10-16H,17H2,1-6H3;6-9,12-14H,11H2,1-5H3;/q2*-1;. The van der Waals surface area contributed by atoms with Crippen LogP contribution in [0.3, 0.4) is 0 Å². The fourth-order valence-electron chi connectivity index (χ4n) is 7.36. The van der Waals surface area contributed by atoms with E-state index in [4.69, 9.17) is 9.40 Å². The minimum atomic E-state index is -1.86. The fraction of sp³-hybridized carbons (Fsp3) is 0.312. The van der Waals surface area contributed by atoms with E-state index in [0.717, 1.165) is 74.2 Å². The second kappa shape index (κ2) is 16.9. The predicted octanol–water partition coefficient (Wildman–Crippen LogP) is 12.3. The summed E-state index contributed by atoms with van der Waals surface area (Å²) in [6, 6.07) is 33.9. The summed E-state index contributed by atoms with van der Waals surface area (Å²) >= 11 is -1.86. The number of furan rings is 1. The third-order valence-electron chi connectivity index (χ3n) is 9.47. The summed E-state index contributed by atoms with van der Waals surface area (Å²) in [6.45, 7) is 17.6. The maximum atomic E-state index is 6.45. The molecule has 0 N–H and O–H groups in total. The molecular formula is C48H53GeIrN3O-2. The Bertz CT molecular complexity index is 2360. The molecule has 4 heterocycles. The number of nitrogens with zero attached hydrogens (tertiary/aromatic N) is 3. The van der Waals surface area contributed by atoms with Crippen molar-refractivity contribution in [3.05, 3.63) is 131 Å². The summed E-state index contributed by atoms with van der Waals surface area (Å²) in [5, 5.41) is 2.19. The van der Waals surface area contributed by atoms with Crippen molar-refractivity contribution >= 4 is 39.6 Å². The van der Waals surface area contributed by atoms with Crippen LogP contribution >= 0.6 is 0 Å². The van der Waals surface area contributed by atoms with E-state index in [1.54, 1.807) is 4.40 Å². The van der Waals surface area contributed by atoms with Crippen LogP contribution in [0.4, 0.5) is 0 Å². The van der Waals surface area contributed by atoms with Crippen LogP contribution in [0.2, 0.25) is 17.3 Å². The van der Waals surface area contributed by atoms with Crippen molar-refractivity contribution in [1.29, 1.82) is 0 Å². The molecule has 281 valence electrons. The van der Waals surface area contributed by atoms with Crippen LogP contribution in [-0.4, -0.2) is 28.2 Å². The van der Waals surface area contributed by atoms with Crippen molar-refractivity contribution in [3.8, 4) is 33.6 Å². The third kappa shape index (κ3) is 9.66. The molecule has 7 rings (SSSR count). The number of pyridine rings is 3.